The van der Waals surface area contributed by atoms with E-state index in [4.69, 9.17) is 0 Å². The molecule has 0 aromatic heterocycles. The Kier molecular flexibility index (Phi) is 5.37. The SMILES string of the molecule is O=C(CSc1cccc(C(F)(F)F)c1)NC(c1ccccc1)C1CC1. The largest absolute Gasteiger partial charge is 0.416 e. The molecule has 1 unspecified atom stereocenters. The molecule has 3 rings (SSSR count). The first kappa shape index (κ1) is 17.9. The van der Waals surface area contributed by atoms with Crippen molar-refractivity contribution < 1.29 is 18.0 Å². The second-order valence-corrected chi connectivity index (χ2v) is 7.16. The zero-order chi connectivity index (χ0) is 17.9. The fourth-order valence-corrected chi connectivity index (χ4v) is 3.46. The van der Waals surface area contributed by atoms with Gasteiger partial charge < -0.3 is 5.32 Å². The van der Waals surface area contributed by atoms with Crippen LogP contribution < -0.4 is 5.32 Å². The molecule has 6 heteroatoms. The van der Waals surface area contributed by atoms with Gasteiger partial charge in [-0.2, -0.15) is 13.2 Å². The number of amides is 1. The molecule has 2 aromatic carbocycles. The molecule has 132 valence electrons. The predicted octanol–water partition coefficient (Wildman–Crippen LogP) is 5.07. The summed E-state index contributed by atoms with van der Waals surface area (Å²) in [6.45, 7) is 0. The Balaban J connectivity index is 1.59. The topological polar surface area (TPSA) is 29.1 Å². The van der Waals surface area contributed by atoms with Gasteiger partial charge in [-0.05, 0) is 42.5 Å². The Morgan fingerprint density at radius 3 is 2.48 bits per heavy atom. The number of thioether (sulfide) groups is 1. The number of rotatable bonds is 6. The monoisotopic (exact) mass is 365 g/mol. The zero-order valence-corrected chi connectivity index (χ0v) is 14.2. The standard InChI is InChI=1S/C19H18F3NOS/c20-19(21,22)15-7-4-8-16(11-15)25-12-17(24)23-18(14-9-10-14)13-5-2-1-3-6-13/h1-8,11,14,18H,9-10,12H2,(H,23,24). The summed E-state index contributed by atoms with van der Waals surface area (Å²) < 4.78 is 38.2. The van der Waals surface area contributed by atoms with E-state index in [1.165, 1.54) is 6.07 Å². The number of nitrogens with one attached hydrogen (secondary N) is 1. The first-order valence-electron chi connectivity index (χ1n) is 8.08. The lowest BCUT2D eigenvalue weighted by Crippen LogP contribution is -2.31. The van der Waals surface area contributed by atoms with Crippen LogP contribution in [0, 0.1) is 5.92 Å². The van der Waals surface area contributed by atoms with Gasteiger partial charge in [-0.15, -0.1) is 11.8 Å². The first-order valence-corrected chi connectivity index (χ1v) is 9.06. The third kappa shape index (κ3) is 5.01. The Bertz CT molecular complexity index is 729. The fraction of sp³-hybridized carbons (Fsp3) is 0.316. The van der Waals surface area contributed by atoms with Gasteiger partial charge in [0, 0.05) is 4.90 Å². The number of hydrogen-bond acceptors (Lipinski definition) is 2. The van der Waals surface area contributed by atoms with Crippen LogP contribution in [-0.2, 0) is 11.0 Å². The average molecular weight is 365 g/mol. The van der Waals surface area contributed by atoms with Crippen molar-refractivity contribution in [3.63, 3.8) is 0 Å². The molecule has 0 bridgehead atoms. The first-order chi connectivity index (χ1) is 11.9. The maximum Gasteiger partial charge on any atom is 0.416 e. The van der Waals surface area contributed by atoms with Crippen molar-refractivity contribution in [3.05, 3.63) is 65.7 Å². The Morgan fingerprint density at radius 1 is 1.12 bits per heavy atom. The molecule has 0 spiro atoms. The van der Waals surface area contributed by atoms with Crippen molar-refractivity contribution in [1.82, 2.24) is 5.32 Å². The lowest BCUT2D eigenvalue weighted by atomic mass is 10.0. The number of benzene rings is 2. The summed E-state index contributed by atoms with van der Waals surface area (Å²) in [5.41, 5.74) is 0.375. The molecule has 1 atom stereocenters. The lowest BCUT2D eigenvalue weighted by Gasteiger charge is -2.18. The van der Waals surface area contributed by atoms with Crippen molar-refractivity contribution in [3.8, 4) is 0 Å². The molecule has 1 aliphatic rings. The molecule has 0 heterocycles. The van der Waals surface area contributed by atoms with E-state index in [-0.39, 0.29) is 17.7 Å². The third-order valence-electron chi connectivity index (χ3n) is 4.10. The van der Waals surface area contributed by atoms with Gasteiger partial charge in [0.2, 0.25) is 5.91 Å². The molecule has 1 saturated carbocycles. The molecule has 0 radical (unpaired) electrons. The Labute approximate surface area is 148 Å². The van der Waals surface area contributed by atoms with E-state index in [1.807, 2.05) is 30.3 Å². The maximum absolute atomic E-state index is 12.7. The van der Waals surface area contributed by atoms with Crippen molar-refractivity contribution >= 4 is 17.7 Å². The second kappa shape index (κ2) is 7.52. The van der Waals surface area contributed by atoms with Gasteiger partial charge in [0.25, 0.3) is 0 Å². The van der Waals surface area contributed by atoms with Gasteiger partial charge >= 0.3 is 6.18 Å². The van der Waals surface area contributed by atoms with Crippen molar-refractivity contribution in [1.29, 1.82) is 0 Å². The van der Waals surface area contributed by atoms with Crippen molar-refractivity contribution in [2.45, 2.75) is 30.0 Å². The second-order valence-electron chi connectivity index (χ2n) is 6.11. The molecule has 1 fully saturated rings. The van der Waals surface area contributed by atoms with Crippen LogP contribution in [0.1, 0.15) is 30.0 Å². The van der Waals surface area contributed by atoms with E-state index in [0.717, 1.165) is 42.3 Å². The molecule has 1 N–H and O–H groups in total. The molecular weight excluding hydrogens is 347 g/mol. The summed E-state index contributed by atoms with van der Waals surface area (Å²) >= 11 is 1.12. The molecular formula is C19H18F3NOS. The van der Waals surface area contributed by atoms with E-state index in [1.54, 1.807) is 6.07 Å². The summed E-state index contributed by atoms with van der Waals surface area (Å²) in [4.78, 5) is 12.7. The smallest absolute Gasteiger partial charge is 0.348 e. The van der Waals surface area contributed by atoms with Crippen LogP contribution in [0.25, 0.3) is 0 Å². The summed E-state index contributed by atoms with van der Waals surface area (Å²) in [5.74, 6) is 0.380. The lowest BCUT2D eigenvalue weighted by molar-refractivity contribution is -0.137. The van der Waals surface area contributed by atoms with Gasteiger partial charge in [0.1, 0.15) is 0 Å². The molecule has 0 saturated heterocycles. The Hall–Kier alpha value is -1.95. The molecule has 2 nitrogen and oxygen atoms in total. The van der Waals surface area contributed by atoms with E-state index in [9.17, 15) is 18.0 Å². The van der Waals surface area contributed by atoms with Gasteiger partial charge in [-0.3, -0.25) is 4.79 Å². The number of carbonyl (C=O) groups is 1. The number of hydrogen-bond donors (Lipinski definition) is 1. The van der Waals surface area contributed by atoms with E-state index in [0.29, 0.717) is 10.8 Å². The van der Waals surface area contributed by atoms with E-state index < -0.39 is 11.7 Å². The fourth-order valence-electron chi connectivity index (χ4n) is 2.69. The minimum Gasteiger partial charge on any atom is -0.348 e. The quantitative estimate of drug-likeness (QED) is 0.725. The highest BCUT2D eigenvalue weighted by atomic mass is 32.2. The average Bonchev–Trinajstić information content (AvgIpc) is 3.43. The minimum atomic E-state index is -4.37. The highest BCUT2D eigenvalue weighted by molar-refractivity contribution is 8.00. The van der Waals surface area contributed by atoms with Gasteiger partial charge in [-0.25, -0.2) is 0 Å². The summed E-state index contributed by atoms with van der Waals surface area (Å²) in [7, 11) is 0. The van der Waals surface area contributed by atoms with Gasteiger partial charge in [0.15, 0.2) is 0 Å². The number of carbonyl (C=O) groups excluding carboxylic acids is 1. The number of halogens is 3. The van der Waals surface area contributed by atoms with Crippen molar-refractivity contribution in [2.75, 3.05) is 5.75 Å². The van der Waals surface area contributed by atoms with E-state index in [2.05, 4.69) is 5.32 Å². The zero-order valence-electron chi connectivity index (χ0n) is 13.4. The minimum absolute atomic E-state index is 0.0178. The van der Waals surface area contributed by atoms with E-state index >= 15 is 0 Å². The summed E-state index contributed by atoms with van der Waals surface area (Å²) in [6, 6.07) is 14.8. The van der Waals surface area contributed by atoms with Crippen LogP contribution in [-0.4, -0.2) is 11.7 Å². The van der Waals surface area contributed by atoms with Crippen LogP contribution in [0.4, 0.5) is 13.2 Å². The highest BCUT2D eigenvalue weighted by Crippen LogP contribution is 2.41. The van der Waals surface area contributed by atoms with Crippen LogP contribution in [0.5, 0.6) is 0 Å². The van der Waals surface area contributed by atoms with Gasteiger partial charge in [-0.1, -0.05) is 36.4 Å². The molecule has 25 heavy (non-hydrogen) atoms. The predicted molar refractivity (Wildman–Crippen MR) is 92.2 cm³/mol. The van der Waals surface area contributed by atoms with Crippen molar-refractivity contribution in [2.24, 2.45) is 5.92 Å². The molecule has 0 aliphatic heterocycles. The highest BCUT2D eigenvalue weighted by Gasteiger charge is 2.33. The summed E-state index contributed by atoms with van der Waals surface area (Å²) in [5, 5.41) is 3.03. The van der Waals surface area contributed by atoms with Crippen LogP contribution in [0.3, 0.4) is 0 Å². The number of alkyl halides is 3. The molecule has 2 aromatic rings. The van der Waals surface area contributed by atoms with Crippen LogP contribution >= 0.6 is 11.8 Å². The Morgan fingerprint density at radius 2 is 1.84 bits per heavy atom. The van der Waals surface area contributed by atoms with Crippen LogP contribution in [0.2, 0.25) is 0 Å². The third-order valence-corrected chi connectivity index (χ3v) is 5.09. The molecule has 1 amide bonds. The van der Waals surface area contributed by atoms with Crippen LogP contribution in [0.15, 0.2) is 59.5 Å². The molecule has 1 aliphatic carbocycles. The maximum atomic E-state index is 12.7. The van der Waals surface area contributed by atoms with Gasteiger partial charge in [0.05, 0.1) is 17.4 Å². The summed E-state index contributed by atoms with van der Waals surface area (Å²) in [6.07, 6.45) is -2.20. The normalized spacial score (nSPS) is 15.6.